The van der Waals surface area contributed by atoms with Crippen molar-refractivity contribution < 1.29 is 21.9 Å². The van der Waals surface area contributed by atoms with Crippen molar-refractivity contribution in [1.29, 1.82) is 0 Å². The summed E-state index contributed by atoms with van der Waals surface area (Å²) in [5.74, 6) is -0.364. The molecule has 0 aliphatic carbocycles. The predicted molar refractivity (Wildman–Crippen MR) is 82.1 cm³/mol. The molecule has 0 bridgehead atoms. The van der Waals surface area contributed by atoms with Crippen molar-refractivity contribution >= 4 is 40.0 Å². The van der Waals surface area contributed by atoms with Gasteiger partial charge in [0.25, 0.3) is 0 Å². The minimum atomic E-state index is -4.54. The Hall–Kier alpha value is -1.35. The number of alkyl halides is 3. The molecule has 23 heavy (non-hydrogen) atoms. The lowest BCUT2D eigenvalue weighted by atomic mass is 10.1. The van der Waals surface area contributed by atoms with Crippen molar-refractivity contribution in [3.8, 4) is 11.3 Å². The number of rotatable bonds is 4. The normalized spacial score (nSPS) is 13.0. The van der Waals surface area contributed by atoms with Crippen molar-refractivity contribution in [3.05, 3.63) is 46.1 Å². The van der Waals surface area contributed by atoms with Crippen LogP contribution in [0.5, 0.6) is 0 Å². The highest BCUT2D eigenvalue weighted by Gasteiger charge is 2.31. The number of anilines is 1. The summed E-state index contributed by atoms with van der Waals surface area (Å²) in [5, 5.41) is 2.65. The molecule has 0 saturated carbocycles. The average Bonchev–Trinajstić information content (AvgIpc) is 2.45. The molecular formula is C13H8Cl2F3N2O2S-. The molecule has 10 heteroatoms. The third-order valence-corrected chi connectivity index (χ3v) is 3.79. The van der Waals surface area contributed by atoms with E-state index in [1.54, 1.807) is 0 Å². The Bertz CT molecular complexity index is 756. The van der Waals surface area contributed by atoms with Crippen LogP contribution in [0.2, 0.25) is 10.0 Å². The molecule has 1 atom stereocenters. The second-order valence-electron chi connectivity index (χ2n) is 4.37. The summed E-state index contributed by atoms with van der Waals surface area (Å²) in [5.41, 5.74) is -0.138. The second-order valence-corrected chi connectivity index (χ2v) is 6.08. The molecule has 2 rings (SSSR count). The zero-order valence-electron chi connectivity index (χ0n) is 11.2. The topological polar surface area (TPSA) is 65.0 Å². The molecule has 124 valence electrons. The number of hydrogen-bond donors (Lipinski definition) is 1. The largest absolute Gasteiger partial charge is 0.771 e. The minimum absolute atomic E-state index is 0.127. The summed E-state index contributed by atoms with van der Waals surface area (Å²) in [7, 11) is 0. The van der Waals surface area contributed by atoms with Crippen molar-refractivity contribution in [2.75, 3.05) is 11.2 Å². The van der Waals surface area contributed by atoms with Crippen LogP contribution in [-0.4, -0.2) is 19.6 Å². The first kappa shape index (κ1) is 18.0. The molecule has 4 nitrogen and oxygen atoms in total. The van der Waals surface area contributed by atoms with Gasteiger partial charge in [0.15, 0.2) is 0 Å². The maximum absolute atomic E-state index is 12.6. The van der Waals surface area contributed by atoms with E-state index in [1.165, 1.54) is 18.2 Å². The first-order chi connectivity index (χ1) is 10.7. The van der Waals surface area contributed by atoms with Gasteiger partial charge < -0.3 is 9.87 Å². The standard InChI is InChI=1S/C13H9Cl2F3N2O2S/c14-9-2-1-7(3-11(9)20-6-23(21)22)12-10(15)4-8(5-19-12)13(16,17)18/h1-5,20H,6H2,(H,21,22)/p-1. The van der Waals surface area contributed by atoms with Gasteiger partial charge in [-0.05, 0) is 29.3 Å². The number of aromatic nitrogens is 1. The maximum atomic E-state index is 12.6. The van der Waals surface area contributed by atoms with E-state index in [0.29, 0.717) is 17.4 Å². The second kappa shape index (κ2) is 7.04. The lowest BCUT2D eigenvalue weighted by Gasteiger charge is -2.13. The number of halogens is 5. The van der Waals surface area contributed by atoms with E-state index in [4.69, 9.17) is 23.2 Å². The van der Waals surface area contributed by atoms with E-state index in [-0.39, 0.29) is 21.6 Å². The fraction of sp³-hybridized carbons (Fsp3) is 0.154. The third-order valence-electron chi connectivity index (χ3n) is 2.79. The van der Waals surface area contributed by atoms with Gasteiger partial charge in [-0.2, -0.15) is 13.2 Å². The average molecular weight is 384 g/mol. The zero-order valence-corrected chi connectivity index (χ0v) is 13.5. The van der Waals surface area contributed by atoms with E-state index < -0.39 is 22.8 Å². The van der Waals surface area contributed by atoms with E-state index in [9.17, 15) is 21.9 Å². The van der Waals surface area contributed by atoms with Crippen molar-refractivity contribution in [1.82, 2.24) is 4.98 Å². The lowest BCUT2D eigenvalue weighted by Crippen LogP contribution is -2.08. The minimum Gasteiger partial charge on any atom is -0.771 e. The van der Waals surface area contributed by atoms with Gasteiger partial charge in [0.05, 0.1) is 32.9 Å². The Morgan fingerprint density at radius 3 is 2.48 bits per heavy atom. The quantitative estimate of drug-likeness (QED) is 0.798. The summed E-state index contributed by atoms with van der Waals surface area (Å²) < 4.78 is 59.0. The van der Waals surface area contributed by atoms with Crippen LogP contribution < -0.4 is 5.32 Å². The Morgan fingerprint density at radius 2 is 1.91 bits per heavy atom. The summed E-state index contributed by atoms with van der Waals surface area (Å²) in [6.45, 7) is 0. The summed E-state index contributed by atoms with van der Waals surface area (Å²) >= 11 is 9.47. The van der Waals surface area contributed by atoms with Gasteiger partial charge in [-0.25, -0.2) is 0 Å². The summed E-state index contributed by atoms with van der Waals surface area (Å²) in [6.07, 6.45) is -3.87. The van der Waals surface area contributed by atoms with Gasteiger partial charge in [0, 0.05) is 11.8 Å². The molecular weight excluding hydrogens is 376 g/mol. The molecule has 1 N–H and O–H groups in total. The highest BCUT2D eigenvalue weighted by molar-refractivity contribution is 7.79. The van der Waals surface area contributed by atoms with E-state index in [2.05, 4.69) is 10.3 Å². The molecule has 0 amide bonds. The van der Waals surface area contributed by atoms with E-state index in [0.717, 1.165) is 6.07 Å². The number of nitrogens with one attached hydrogen (secondary N) is 1. The van der Waals surface area contributed by atoms with Crippen molar-refractivity contribution in [2.24, 2.45) is 0 Å². The van der Waals surface area contributed by atoms with Gasteiger partial charge in [0.1, 0.15) is 0 Å². The molecule has 0 aliphatic heterocycles. The fourth-order valence-corrected chi connectivity index (χ4v) is 2.48. The number of hydrogen-bond acceptors (Lipinski definition) is 4. The lowest BCUT2D eigenvalue weighted by molar-refractivity contribution is -0.137. The molecule has 1 heterocycles. The highest BCUT2D eigenvalue weighted by Crippen LogP contribution is 2.35. The van der Waals surface area contributed by atoms with Crippen LogP contribution >= 0.6 is 23.2 Å². The van der Waals surface area contributed by atoms with Crippen LogP contribution in [0.3, 0.4) is 0 Å². The van der Waals surface area contributed by atoms with Gasteiger partial charge in [0.2, 0.25) is 0 Å². The van der Waals surface area contributed by atoms with Crippen molar-refractivity contribution in [2.45, 2.75) is 6.18 Å². The first-order valence-electron chi connectivity index (χ1n) is 6.01. The Morgan fingerprint density at radius 1 is 1.22 bits per heavy atom. The SMILES string of the molecule is O=S([O-])CNc1cc(-c2ncc(C(F)(F)F)cc2Cl)ccc1Cl. The molecule has 1 aromatic carbocycles. The van der Waals surface area contributed by atoms with Gasteiger partial charge in [-0.15, -0.1) is 0 Å². The Kier molecular flexibility index (Phi) is 5.51. The molecule has 0 saturated heterocycles. The van der Waals surface area contributed by atoms with Gasteiger partial charge in [-0.1, -0.05) is 29.3 Å². The molecule has 1 unspecified atom stereocenters. The van der Waals surface area contributed by atoms with Crippen LogP contribution in [-0.2, 0) is 17.3 Å². The van der Waals surface area contributed by atoms with Crippen LogP contribution in [0.4, 0.5) is 18.9 Å². The molecule has 0 radical (unpaired) electrons. The highest BCUT2D eigenvalue weighted by atomic mass is 35.5. The fourth-order valence-electron chi connectivity index (χ4n) is 1.75. The van der Waals surface area contributed by atoms with Gasteiger partial charge in [-0.3, -0.25) is 9.19 Å². The maximum Gasteiger partial charge on any atom is 0.417 e. The smallest absolute Gasteiger partial charge is 0.417 e. The number of benzene rings is 1. The Balaban J connectivity index is 2.38. The predicted octanol–water partition coefficient (Wildman–Crippen LogP) is 4.32. The zero-order chi connectivity index (χ0) is 17.2. The monoisotopic (exact) mass is 383 g/mol. The first-order valence-corrected chi connectivity index (χ1v) is 8.01. The molecule has 0 spiro atoms. The van der Waals surface area contributed by atoms with Crippen LogP contribution in [0.1, 0.15) is 5.56 Å². The Labute approximate surface area is 141 Å². The molecule has 0 aliphatic rings. The van der Waals surface area contributed by atoms with Crippen LogP contribution in [0.15, 0.2) is 30.5 Å². The number of pyridine rings is 1. The van der Waals surface area contributed by atoms with Crippen molar-refractivity contribution in [3.63, 3.8) is 0 Å². The molecule has 0 fully saturated rings. The van der Waals surface area contributed by atoms with E-state index in [1.807, 2.05) is 0 Å². The summed E-state index contributed by atoms with van der Waals surface area (Å²) in [6, 6.07) is 5.21. The van der Waals surface area contributed by atoms with E-state index >= 15 is 0 Å². The van der Waals surface area contributed by atoms with Crippen LogP contribution in [0, 0.1) is 0 Å². The third kappa shape index (κ3) is 4.57. The molecule has 1 aromatic heterocycles. The molecule has 2 aromatic rings. The summed E-state index contributed by atoms with van der Waals surface area (Å²) in [4.78, 5) is 3.74. The van der Waals surface area contributed by atoms with Crippen LogP contribution in [0.25, 0.3) is 11.3 Å². The number of nitrogens with zero attached hydrogens (tertiary/aromatic N) is 1. The van der Waals surface area contributed by atoms with Gasteiger partial charge >= 0.3 is 6.18 Å².